The predicted molar refractivity (Wildman–Crippen MR) is 84.5 cm³/mol. The fraction of sp³-hybridized carbons (Fsp3) is 0.375. The van der Waals surface area contributed by atoms with Gasteiger partial charge in [-0.15, -0.1) is 11.3 Å². The van der Waals surface area contributed by atoms with E-state index in [0.29, 0.717) is 13.0 Å². The Kier molecular flexibility index (Phi) is 5.90. The fourth-order valence-electron chi connectivity index (χ4n) is 2.15. The average molecular weight is 304 g/mol. The lowest BCUT2D eigenvalue weighted by atomic mass is 10.0. The molecule has 2 aromatic heterocycles. The second kappa shape index (κ2) is 7.90. The molecule has 1 unspecified atom stereocenters. The van der Waals surface area contributed by atoms with Gasteiger partial charge in [-0.05, 0) is 42.0 Å². The van der Waals surface area contributed by atoms with Crippen LogP contribution in [0.1, 0.15) is 27.9 Å². The van der Waals surface area contributed by atoms with Gasteiger partial charge >= 0.3 is 0 Å². The van der Waals surface area contributed by atoms with E-state index in [2.05, 4.69) is 10.3 Å². The van der Waals surface area contributed by atoms with Crippen molar-refractivity contribution in [1.29, 1.82) is 0 Å². The third kappa shape index (κ3) is 4.37. The quantitative estimate of drug-likeness (QED) is 0.825. The summed E-state index contributed by atoms with van der Waals surface area (Å²) in [6, 6.07) is 7.70. The molecule has 0 spiro atoms. The van der Waals surface area contributed by atoms with Crippen molar-refractivity contribution in [2.75, 3.05) is 13.2 Å². The number of aliphatic hydroxyl groups is 1. The molecule has 0 radical (unpaired) electrons. The Morgan fingerprint density at radius 2 is 2.29 bits per heavy atom. The molecule has 2 aromatic rings. The van der Waals surface area contributed by atoms with Crippen LogP contribution in [0.5, 0.6) is 0 Å². The highest BCUT2D eigenvalue weighted by Crippen LogP contribution is 2.17. The molecule has 21 heavy (non-hydrogen) atoms. The van der Waals surface area contributed by atoms with Crippen LogP contribution < -0.4 is 5.32 Å². The number of rotatable bonds is 7. The van der Waals surface area contributed by atoms with Crippen molar-refractivity contribution in [1.82, 2.24) is 10.3 Å². The molecule has 5 heteroatoms. The highest BCUT2D eigenvalue weighted by molar-refractivity contribution is 7.12. The summed E-state index contributed by atoms with van der Waals surface area (Å²) in [5, 5.41) is 14.3. The molecule has 0 aliphatic rings. The summed E-state index contributed by atoms with van der Waals surface area (Å²) < 4.78 is 0. The van der Waals surface area contributed by atoms with Crippen molar-refractivity contribution in [3.05, 3.63) is 52.0 Å². The summed E-state index contributed by atoms with van der Waals surface area (Å²) in [6.45, 7) is 2.52. The van der Waals surface area contributed by atoms with Crippen LogP contribution in [-0.2, 0) is 12.8 Å². The van der Waals surface area contributed by atoms with Crippen LogP contribution in [0.25, 0.3) is 0 Å². The zero-order chi connectivity index (χ0) is 15.1. The normalized spacial score (nSPS) is 12.1. The van der Waals surface area contributed by atoms with Gasteiger partial charge in [0, 0.05) is 31.0 Å². The third-order valence-electron chi connectivity index (χ3n) is 3.37. The molecule has 0 fully saturated rings. The smallest absolute Gasteiger partial charge is 0.261 e. The highest BCUT2D eigenvalue weighted by atomic mass is 32.1. The lowest BCUT2D eigenvalue weighted by molar-refractivity contribution is 0.0943. The van der Waals surface area contributed by atoms with Crippen molar-refractivity contribution in [3.8, 4) is 0 Å². The van der Waals surface area contributed by atoms with Crippen LogP contribution in [-0.4, -0.2) is 29.1 Å². The second-order valence-corrected chi connectivity index (χ2v) is 5.83. The Morgan fingerprint density at radius 3 is 2.95 bits per heavy atom. The van der Waals surface area contributed by atoms with Crippen molar-refractivity contribution in [3.63, 3.8) is 0 Å². The number of aliphatic hydroxyl groups excluding tert-OH is 1. The molecule has 1 amide bonds. The average Bonchev–Trinajstić information content (AvgIpc) is 3.00. The van der Waals surface area contributed by atoms with E-state index < -0.39 is 0 Å². The van der Waals surface area contributed by atoms with Crippen molar-refractivity contribution in [2.24, 2.45) is 5.92 Å². The van der Waals surface area contributed by atoms with Crippen LogP contribution in [0, 0.1) is 5.92 Å². The fourth-order valence-corrected chi connectivity index (χ4v) is 3.06. The van der Waals surface area contributed by atoms with E-state index in [1.807, 2.05) is 36.6 Å². The number of aromatic nitrogens is 1. The van der Waals surface area contributed by atoms with Crippen LogP contribution in [0.4, 0.5) is 0 Å². The summed E-state index contributed by atoms with van der Waals surface area (Å²) >= 11 is 1.46. The van der Waals surface area contributed by atoms with Crippen molar-refractivity contribution < 1.29 is 9.90 Å². The van der Waals surface area contributed by atoms with Crippen LogP contribution >= 0.6 is 11.3 Å². The molecule has 4 nitrogen and oxygen atoms in total. The third-order valence-corrected chi connectivity index (χ3v) is 4.32. The van der Waals surface area contributed by atoms with Crippen LogP contribution in [0.2, 0.25) is 0 Å². The van der Waals surface area contributed by atoms with E-state index in [1.54, 1.807) is 6.20 Å². The number of thiophene rings is 1. The minimum absolute atomic E-state index is 0.0195. The van der Waals surface area contributed by atoms with Gasteiger partial charge in [-0.25, -0.2) is 0 Å². The summed E-state index contributed by atoms with van der Waals surface area (Å²) in [5.41, 5.74) is 2.00. The van der Waals surface area contributed by atoms with E-state index in [-0.39, 0.29) is 18.4 Å². The number of hydrogen-bond acceptors (Lipinski definition) is 4. The Hall–Kier alpha value is -1.72. The van der Waals surface area contributed by atoms with Gasteiger partial charge in [0.05, 0.1) is 4.88 Å². The van der Waals surface area contributed by atoms with Gasteiger partial charge < -0.3 is 10.4 Å². The molecular formula is C16H20N2O2S. The topological polar surface area (TPSA) is 62.2 Å². The first-order valence-electron chi connectivity index (χ1n) is 7.10. The van der Waals surface area contributed by atoms with Gasteiger partial charge in [0.1, 0.15) is 0 Å². The van der Waals surface area contributed by atoms with Gasteiger partial charge in [0.15, 0.2) is 0 Å². The molecule has 0 aliphatic carbocycles. The molecule has 0 saturated heterocycles. The molecule has 0 saturated carbocycles. The van der Waals surface area contributed by atoms with E-state index in [1.165, 1.54) is 11.3 Å². The van der Waals surface area contributed by atoms with E-state index in [9.17, 15) is 9.90 Å². The van der Waals surface area contributed by atoms with Gasteiger partial charge in [0.25, 0.3) is 5.91 Å². The number of carbonyl (C=O) groups excluding carboxylic acids is 1. The van der Waals surface area contributed by atoms with Gasteiger partial charge in [-0.2, -0.15) is 0 Å². The lowest BCUT2D eigenvalue weighted by Crippen LogP contribution is -2.32. The van der Waals surface area contributed by atoms with E-state index in [0.717, 1.165) is 22.6 Å². The highest BCUT2D eigenvalue weighted by Gasteiger charge is 2.15. The predicted octanol–water partition coefficient (Wildman–Crippen LogP) is 2.29. The Balaban J connectivity index is 1.90. The number of hydrogen-bond donors (Lipinski definition) is 2. The van der Waals surface area contributed by atoms with Crippen molar-refractivity contribution in [2.45, 2.75) is 19.8 Å². The SMILES string of the molecule is CCc1ccsc1C(=O)NCC(CO)Cc1ccccn1. The summed E-state index contributed by atoms with van der Waals surface area (Å²) in [7, 11) is 0. The first-order valence-corrected chi connectivity index (χ1v) is 7.97. The molecular weight excluding hydrogens is 284 g/mol. The molecule has 112 valence electrons. The first kappa shape index (κ1) is 15.7. The Bertz CT molecular complexity index is 569. The summed E-state index contributed by atoms with van der Waals surface area (Å²) in [5.74, 6) is -0.0739. The lowest BCUT2D eigenvalue weighted by Gasteiger charge is -2.14. The number of aryl methyl sites for hydroxylation is 1. The maximum atomic E-state index is 12.2. The number of carbonyl (C=O) groups is 1. The maximum Gasteiger partial charge on any atom is 0.261 e. The molecule has 0 bridgehead atoms. The number of pyridine rings is 1. The number of nitrogens with zero attached hydrogens (tertiary/aromatic N) is 1. The summed E-state index contributed by atoms with van der Waals surface area (Å²) in [6.07, 6.45) is 3.24. The largest absolute Gasteiger partial charge is 0.396 e. The van der Waals surface area contributed by atoms with Gasteiger partial charge in [-0.1, -0.05) is 13.0 Å². The van der Waals surface area contributed by atoms with Crippen LogP contribution in [0.3, 0.4) is 0 Å². The molecule has 0 aromatic carbocycles. The van der Waals surface area contributed by atoms with Gasteiger partial charge in [-0.3, -0.25) is 9.78 Å². The minimum Gasteiger partial charge on any atom is -0.396 e. The zero-order valence-electron chi connectivity index (χ0n) is 12.1. The monoisotopic (exact) mass is 304 g/mol. The number of nitrogens with one attached hydrogen (secondary N) is 1. The van der Waals surface area contributed by atoms with E-state index >= 15 is 0 Å². The van der Waals surface area contributed by atoms with Gasteiger partial charge in [0.2, 0.25) is 0 Å². The van der Waals surface area contributed by atoms with Crippen LogP contribution in [0.15, 0.2) is 35.8 Å². The molecule has 2 rings (SSSR count). The van der Waals surface area contributed by atoms with E-state index in [4.69, 9.17) is 0 Å². The Morgan fingerprint density at radius 1 is 1.43 bits per heavy atom. The molecule has 0 aliphatic heterocycles. The molecule has 1 atom stereocenters. The summed E-state index contributed by atoms with van der Waals surface area (Å²) in [4.78, 5) is 17.2. The molecule has 2 heterocycles. The Labute approximate surface area is 128 Å². The standard InChI is InChI=1S/C16H20N2O2S/c1-2-13-6-8-21-15(13)16(20)18-10-12(11-19)9-14-5-3-4-7-17-14/h3-8,12,19H,2,9-11H2,1H3,(H,18,20). The second-order valence-electron chi connectivity index (χ2n) is 4.91. The van der Waals surface area contributed by atoms with Crippen molar-refractivity contribution >= 4 is 17.2 Å². The maximum absolute atomic E-state index is 12.2. The number of amides is 1. The molecule has 2 N–H and O–H groups in total. The first-order chi connectivity index (χ1) is 10.2. The zero-order valence-corrected chi connectivity index (χ0v) is 12.9. The minimum atomic E-state index is -0.0543.